The lowest BCUT2D eigenvalue weighted by molar-refractivity contribution is 0.0600. The Balaban J connectivity index is 2.37. The lowest BCUT2D eigenvalue weighted by Gasteiger charge is -2.09. The van der Waals surface area contributed by atoms with Crippen LogP contribution in [0.5, 0.6) is 5.75 Å². The van der Waals surface area contributed by atoms with Gasteiger partial charge in [-0.3, -0.25) is 0 Å². The smallest absolute Gasteiger partial charge is 0.340 e. The molecule has 2 rings (SSSR count). The minimum Gasteiger partial charge on any atom is -0.465 e. The molecule has 0 radical (unpaired) electrons. The molecule has 0 heterocycles. The highest BCUT2D eigenvalue weighted by Crippen LogP contribution is 2.30. The molecule has 0 N–H and O–H groups in total. The van der Waals surface area contributed by atoms with E-state index in [1.54, 1.807) is 0 Å². The molecule has 0 bridgehead atoms. The maximum absolute atomic E-state index is 12.2. The van der Waals surface area contributed by atoms with Crippen molar-refractivity contribution >= 4 is 39.3 Å². The summed E-state index contributed by atoms with van der Waals surface area (Å²) in [6.07, 6.45) is 0. The van der Waals surface area contributed by atoms with E-state index in [9.17, 15) is 13.2 Å². The maximum atomic E-state index is 12.2. The van der Waals surface area contributed by atoms with Crippen LogP contribution in [0.25, 0.3) is 0 Å². The molecule has 5 nitrogen and oxygen atoms in total. The van der Waals surface area contributed by atoms with Gasteiger partial charge >= 0.3 is 16.1 Å². The molecule has 22 heavy (non-hydrogen) atoms. The summed E-state index contributed by atoms with van der Waals surface area (Å²) in [5.41, 5.74) is 0.160. The molecule has 0 aliphatic rings. The van der Waals surface area contributed by atoms with Crippen LogP contribution in [-0.4, -0.2) is 21.5 Å². The minimum atomic E-state index is -4.18. The molecular weight excluding hydrogens is 351 g/mol. The van der Waals surface area contributed by atoms with Crippen LogP contribution in [0.3, 0.4) is 0 Å². The van der Waals surface area contributed by atoms with E-state index in [4.69, 9.17) is 27.4 Å². The van der Waals surface area contributed by atoms with Crippen LogP contribution in [0.15, 0.2) is 47.4 Å². The Labute approximate surface area is 137 Å². The Bertz CT molecular complexity index is 818. The van der Waals surface area contributed by atoms with Gasteiger partial charge in [-0.25, -0.2) is 4.79 Å². The average Bonchev–Trinajstić information content (AvgIpc) is 2.48. The summed E-state index contributed by atoms with van der Waals surface area (Å²) in [6.45, 7) is 0. The first kappa shape index (κ1) is 16.6. The first-order chi connectivity index (χ1) is 10.3. The van der Waals surface area contributed by atoms with Crippen LogP contribution in [0.1, 0.15) is 10.4 Å². The van der Waals surface area contributed by atoms with Crippen LogP contribution in [0.4, 0.5) is 0 Å². The highest BCUT2D eigenvalue weighted by atomic mass is 35.5. The van der Waals surface area contributed by atoms with E-state index in [1.807, 2.05) is 0 Å². The number of carbonyl (C=O) groups excluding carboxylic acids is 1. The molecule has 0 saturated carbocycles. The molecule has 8 heteroatoms. The first-order valence-electron chi connectivity index (χ1n) is 5.92. The van der Waals surface area contributed by atoms with E-state index in [2.05, 4.69) is 4.74 Å². The number of carbonyl (C=O) groups is 1. The highest BCUT2D eigenvalue weighted by Gasteiger charge is 2.22. The van der Waals surface area contributed by atoms with E-state index < -0.39 is 16.1 Å². The SMILES string of the molecule is COC(=O)c1cccc(OS(=O)(=O)c2cccc(Cl)c2Cl)c1. The van der Waals surface area contributed by atoms with E-state index in [1.165, 1.54) is 49.6 Å². The second-order valence-corrected chi connectivity index (χ2v) is 6.41. The van der Waals surface area contributed by atoms with Gasteiger partial charge < -0.3 is 8.92 Å². The van der Waals surface area contributed by atoms with Crippen molar-refractivity contribution < 1.29 is 22.1 Å². The summed E-state index contributed by atoms with van der Waals surface area (Å²) in [7, 11) is -2.96. The van der Waals surface area contributed by atoms with Crippen molar-refractivity contribution in [1.82, 2.24) is 0 Å². The molecule has 0 aromatic heterocycles. The fraction of sp³-hybridized carbons (Fsp3) is 0.0714. The number of halogens is 2. The Morgan fingerprint density at radius 1 is 1.09 bits per heavy atom. The molecule has 0 saturated heterocycles. The third-order valence-corrected chi connectivity index (χ3v) is 4.87. The van der Waals surface area contributed by atoms with Gasteiger partial charge in [0, 0.05) is 0 Å². The van der Waals surface area contributed by atoms with Crippen molar-refractivity contribution in [1.29, 1.82) is 0 Å². The Morgan fingerprint density at radius 2 is 1.77 bits per heavy atom. The predicted molar refractivity (Wildman–Crippen MR) is 82.1 cm³/mol. The molecule has 0 unspecified atom stereocenters. The number of hydrogen-bond acceptors (Lipinski definition) is 5. The van der Waals surface area contributed by atoms with Crippen LogP contribution < -0.4 is 4.18 Å². The average molecular weight is 361 g/mol. The molecule has 0 spiro atoms. The Kier molecular flexibility index (Phi) is 4.95. The zero-order chi connectivity index (χ0) is 16.3. The van der Waals surface area contributed by atoms with Crippen LogP contribution >= 0.6 is 23.2 Å². The molecular formula is C14H10Cl2O5S. The van der Waals surface area contributed by atoms with Crippen molar-refractivity contribution in [2.75, 3.05) is 7.11 Å². The van der Waals surface area contributed by atoms with Crippen molar-refractivity contribution in [3.05, 3.63) is 58.1 Å². The van der Waals surface area contributed by atoms with Gasteiger partial charge in [0.2, 0.25) is 0 Å². The number of methoxy groups -OCH3 is 1. The van der Waals surface area contributed by atoms with Crippen LogP contribution in [-0.2, 0) is 14.9 Å². The van der Waals surface area contributed by atoms with Gasteiger partial charge in [0.05, 0.1) is 22.7 Å². The van der Waals surface area contributed by atoms with Gasteiger partial charge in [-0.05, 0) is 30.3 Å². The van der Waals surface area contributed by atoms with Gasteiger partial charge in [0.15, 0.2) is 0 Å². The first-order valence-corrected chi connectivity index (χ1v) is 8.08. The second-order valence-electron chi connectivity index (χ2n) is 4.11. The highest BCUT2D eigenvalue weighted by molar-refractivity contribution is 7.87. The molecule has 2 aromatic carbocycles. The van der Waals surface area contributed by atoms with Crippen LogP contribution in [0.2, 0.25) is 10.0 Å². The summed E-state index contributed by atoms with van der Waals surface area (Å²) in [5.74, 6) is -0.650. The predicted octanol–water partition coefficient (Wildman–Crippen LogP) is 3.55. The topological polar surface area (TPSA) is 69.7 Å². The summed E-state index contributed by atoms with van der Waals surface area (Å²) in [4.78, 5) is 11.2. The summed E-state index contributed by atoms with van der Waals surface area (Å²) >= 11 is 11.7. The van der Waals surface area contributed by atoms with E-state index in [0.717, 1.165) is 0 Å². The third-order valence-electron chi connectivity index (χ3n) is 2.65. The maximum Gasteiger partial charge on any atom is 0.340 e. The largest absolute Gasteiger partial charge is 0.465 e. The molecule has 0 fully saturated rings. The normalized spacial score (nSPS) is 11.0. The molecule has 0 aliphatic heterocycles. The number of hydrogen-bond donors (Lipinski definition) is 0. The second kappa shape index (κ2) is 6.56. The monoisotopic (exact) mass is 360 g/mol. The number of benzene rings is 2. The van der Waals surface area contributed by atoms with Gasteiger partial charge in [-0.2, -0.15) is 8.42 Å². The summed E-state index contributed by atoms with van der Waals surface area (Å²) < 4.78 is 34.0. The number of ether oxygens (including phenoxy) is 1. The van der Waals surface area contributed by atoms with E-state index in [0.29, 0.717) is 0 Å². The van der Waals surface area contributed by atoms with Crippen molar-refractivity contribution in [2.45, 2.75) is 4.90 Å². The minimum absolute atomic E-state index is 0.0426. The summed E-state index contributed by atoms with van der Waals surface area (Å²) in [6, 6.07) is 9.75. The molecule has 2 aromatic rings. The van der Waals surface area contributed by atoms with E-state index in [-0.39, 0.29) is 26.3 Å². The molecule has 0 aliphatic carbocycles. The quantitative estimate of drug-likeness (QED) is 0.615. The third kappa shape index (κ3) is 3.52. The standard InChI is InChI=1S/C14H10Cl2O5S/c1-20-14(17)9-4-2-5-10(8-9)21-22(18,19)12-7-3-6-11(15)13(12)16/h2-8H,1H3. The number of esters is 1. The number of rotatable bonds is 4. The fourth-order valence-corrected chi connectivity index (χ4v) is 3.30. The molecule has 0 atom stereocenters. The van der Waals surface area contributed by atoms with Crippen molar-refractivity contribution in [3.63, 3.8) is 0 Å². The van der Waals surface area contributed by atoms with E-state index >= 15 is 0 Å². The van der Waals surface area contributed by atoms with Gasteiger partial charge in [-0.15, -0.1) is 0 Å². The van der Waals surface area contributed by atoms with Gasteiger partial charge in [0.25, 0.3) is 0 Å². The zero-order valence-corrected chi connectivity index (χ0v) is 13.6. The van der Waals surface area contributed by atoms with Crippen LogP contribution in [0, 0.1) is 0 Å². The van der Waals surface area contributed by atoms with Gasteiger partial charge in [0.1, 0.15) is 10.6 Å². The summed E-state index contributed by atoms with van der Waals surface area (Å²) in [5, 5.41) is -0.0389. The van der Waals surface area contributed by atoms with Gasteiger partial charge in [-0.1, -0.05) is 35.3 Å². The van der Waals surface area contributed by atoms with Crippen molar-refractivity contribution in [2.24, 2.45) is 0 Å². The fourth-order valence-electron chi connectivity index (χ4n) is 1.64. The van der Waals surface area contributed by atoms with Crippen molar-refractivity contribution in [3.8, 4) is 5.75 Å². The Morgan fingerprint density at radius 3 is 2.45 bits per heavy atom. The Hall–Kier alpha value is -1.76. The zero-order valence-electron chi connectivity index (χ0n) is 11.2. The molecule has 0 amide bonds. The lowest BCUT2D eigenvalue weighted by Crippen LogP contribution is -2.11. The lowest BCUT2D eigenvalue weighted by atomic mass is 10.2. The molecule has 116 valence electrons.